The maximum atomic E-state index is 13.2. The molecule has 0 N–H and O–H groups in total. The first-order valence-electron chi connectivity index (χ1n) is 9.97. The number of halogens is 4. The number of alkyl halides is 3. The number of aryl methyl sites for hydroxylation is 1. The van der Waals surface area contributed by atoms with Crippen molar-refractivity contribution in [1.29, 1.82) is 0 Å². The van der Waals surface area contributed by atoms with Gasteiger partial charge in [-0.05, 0) is 19.1 Å². The van der Waals surface area contributed by atoms with Crippen LogP contribution >= 0.6 is 11.6 Å². The minimum atomic E-state index is -4.52. The van der Waals surface area contributed by atoms with E-state index in [1.54, 1.807) is 41.0 Å². The van der Waals surface area contributed by atoms with Crippen molar-refractivity contribution < 1.29 is 18.0 Å². The van der Waals surface area contributed by atoms with Gasteiger partial charge in [-0.3, -0.25) is 9.59 Å². The molecule has 1 saturated heterocycles. The van der Waals surface area contributed by atoms with Gasteiger partial charge in [0.1, 0.15) is 5.82 Å². The van der Waals surface area contributed by atoms with E-state index >= 15 is 0 Å². The van der Waals surface area contributed by atoms with E-state index in [1.807, 2.05) is 0 Å². The third-order valence-electron chi connectivity index (χ3n) is 5.39. The Morgan fingerprint density at radius 1 is 1.12 bits per heavy atom. The van der Waals surface area contributed by atoms with Crippen LogP contribution in [-0.2, 0) is 12.7 Å². The molecule has 0 aliphatic carbocycles. The van der Waals surface area contributed by atoms with Crippen molar-refractivity contribution in [2.45, 2.75) is 19.6 Å². The zero-order valence-electron chi connectivity index (χ0n) is 17.1. The maximum absolute atomic E-state index is 13.2. The minimum absolute atomic E-state index is 0.0951. The zero-order chi connectivity index (χ0) is 23.0. The topological polar surface area (TPSA) is 71.3 Å². The smallest absolute Gasteiger partial charge is 0.352 e. The summed E-state index contributed by atoms with van der Waals surface area (Å²) in [4.78, 5) is 33.0. The second kappa shape index (κ2) is 8.42. The molecule has 1 amide bonds. The molecule has 4 rings (SSSR count). The predicted octanol–water partition coefficient (Wildman–Crippen LogP) is 3.45. The third kappa shape index (κ3) is 4.02. The normalized spacial score (nSPS) is 14.8. The van der Waals surface area contributed by atoms with Gasteiger partial charge in [0.05, 0.1) is 16.0 Å². The summed E-state index contributed by atoms with van der Waals surface area (Å²) in [7, 11) is 0. The average molecular weight is 466 g/mol. The fourth-order valence-corrected chi connectivity index (χ4v) is 3.98. The van der Waals surface area contributed by atoms with Gasteiger partial charge in [0, 0.05) is 44.3 Å². The number of fused-ring (bicyclic) bond motifs is 1. The van der Waals surface area contributed by atoms with Crippen LogP contribution in [0.5, 0.6) is 0 Å². The Bertz CT molecular complexity index is 1240. The highest BCUT2D eigenvalue weighted by Crippen LogP contribution is 2.33. The number of hydrogen-bond donors (Lipinski definition) is 0. The lowest BCUT2D eigenvalue weighted by molar-refractivity contribution is -0.137. The van der Waals surface area contributed by atoms with E-state index in [1.165, 1.54) is 4.68 Å². The van der Waals surface area contributed by atoms with Gasteiger partial charge in [-0.25, -0.2) is 9.67 Å². The molecule has 7 nitrogen and oxygen atoms in total. The molecule has 1 aliphatic heterocycles. The van der Waals surface area contributed by atoms with E-state index in [-0.39, 0.29) is 28.0 Å². The first-order chi connectivity index (χ1) is 15.2. The fourth-order valence-electron chi connectivity index (χ4n) is 3.70. The van der Waals surface area contributed by atoms with Crippen molar-refractivity contribution in [2.24, 2.45) is 0 Å². The Labute approximate surface area is 186 Å². The summed E-state index contributed by atoms with van der Waals surface area (Å²) in [5.41, 5.74) is -0.974. The molecular formula is C21H19ClF3N5O2. The Morgan fingerprint density at radius 2 is 1.78 bits per heavy atom. The summed E-state index contributed by atoms with van der Waals surface area (Å²) >= 11 is 6.05. The number of amides is 1. The molecule has 11 heteroatoms. The molecule has 1 aliphatic rings. The highest BCUT2D eigenvalue weighted by Gasteiger charge is 2.33. The molecule has 3 heterocycles. The van der Waals surface area contributed by atoms with Crippen molar-refractivity contribution in [3.05, 3.63) is 63.2 Å². The molecule has 3 aromatic rings. The first-order valence-corrected chi connectivity index (χ1v) is 10.3. The molecule has 0 spiro atoms. The number of anilines is 1. The molecule has 1 aromatic carbocycles. The number of aromatic nitrogens is 3. The summed E-state index contributed by atoms with van der Waals surface area (Å²) in [6.45, 7) is 3.40. The van der Waals surface area contributed by atoms with Crippen LogP contribution in [0.1, 0.15) is 23.0 Å². The van der Waals surface area contributed by atoms with Crippen LogP contribution in [-0.4, -0.2) is 51.8 Å². The second-order valence-electron chi connectivity index (χ2n) is 7.32. The standard InChI is InChI=1S/C21H19ClF3N5O2/c1-2-30-19(31)15-6-4-3-5-14(15)17(27-30)20(32)29-9-7-28(8-10-29)18-16(22)11-13(12-26-18)21(23,24)25/h3-6,11-12H,2,7-10H2,1H3. The molecule has 0 radical (unpaired) electrons. The lowest BCUT2D eigenvalue weighted by Gasteiger charge is -2.35. The van der Waals surface area contributed by atoms with Crippen molar-refractivity contribution in [1.82, 2.24) is 19.7 Å². The molecule has 2 aromatic heterocycles. The molecule has 0 bridgehead atoms. The van der Waals surface area contributed by atoms with E-state index in [9.17, 15) is 22.8 Å². The van der Waals surface area contributed by atoms with Crippen molar-refractivity contribution in [2.75, 3.05) is 31.1 Å². The Morgan fingerprint density at radius 3 is 2.38 bits per heavy atom. The summed E-state index contributed by atoms with van der Waals surface area (Å²) in [5, 5.41) is 5.09. The van der Waals surface area contributed by atoms with Gasteiger partial charge in [0.25, 0.3) is 11.5 Å². The van der Waals surface area contributed by atoms with Gasteiger partial charge in [-0.1, -0.05) is 29.8 Å². The molecule has 0 saturated carbocycles. The SMILES string of the molecule is CCn1nc(C(=O)N2CCN(c3ncc(C(F)(F)F)cc3Cl)CC2)c2ccccc2c1=O. The third-order valence-corrected chi connectivity index (χ3v) is 5.66. The molecular weight excluding hydrogens is 447 g/mol. The molecule has 0 atom stereocenters. The van der Waals surface area contributed by atoms with Gasteiger partial charge in [-0.15, -0.1) is 0 Å². The van der Waals surface area contributed by atoms with E-state index in [2.05, 4.69) is 10.1 Å². The van der Waals surface area contributed by atoms with Crippen molar-refractivity contribution in [3.8, 4) is 0 Å². The number of hydrogen-bond acceptors (Lipinski definition) is 5. The van der Waals surface area contributed by atoms with Gasteiger partial charge in [0.2, 0.25) is 0 Å². The van der Waals surface area contributed by atoms with Crippen LogP contribution in [0, 0.1) is 0 Å². The maximum Gasteiger partial charge on any atom is 0.417 e. The predicted molar refractivity (Wildman–Crippen MR) is 114 cm³/mol. The monoisotopic (exact) mass is 465 g/mol. The highest BCUT2D eigenvalue weighted by atomic mass is 35.5. The molecule has 0 unspecified atom stereocenters. The van der Waals surface area contributed by atoms with Crippen LogP contribution in [0.15, 0.2) is 41.3 Å². The quantitative estimate of drug-likeness (QED) is 0.592. The Hall–Kier alpha value is -3.14. The van der Waals surface area contributed by atoms with Gasteiger partial charge >= 0.3 is 6.18 Å². The van der Waals surface area contributed by atoms with E-state index < -0.39 is 11.7 Å². The molecule has 32 heavy (non-hydrogen) atoms. The summed E-state index contributed by atoms with van der Waals surface area (Å²) in [6.07, 6.45) is -3.77. The number of benzene rings is 1. The van der Waals surface area contributed by atoms with Crippen LogP contribution in [0.4, 0.5) is 19.0 Å². The Balaban J connectivity index is 1.55. The van der Waals surface area contributed by atoms with Crippen molar-refractivity contribution in [3.63, 3.8) is 0 Å². The average Bonchev–Trinajstić information content (AvgIpc) is 2.78. The summed E-state index contributed by atoms with van der Waals surface area (Å²) < 4.78 is 39.8. The largest absolute Gasteiger partial charge is 0.417 e. The highest BCUT2D eigenvalue weighted by molar-refractivity contribution is 6.33. The van der Waals surface area contributed by atoms with E-state index in [0.29, 0.717) is 43.5 Å². The zero-order valence-corrected chi connectivity index (χ0v) is 17.8. The van der Waals surface area contributed by atoms with Crippen LogP contribution < -0.4 is 10.5 Å². The lowest BCUT2D eigenvalue weighted by atomic mass is 10.1. The van der Waals surface area contributed by atoms with Crippen molar-refractivity contribution >= 4 is 34.1 Å². The summed E-state index contributed by atoms with van der Waals surface area (Å²) in [5.74, 6) is -0.0654. The van der Waals surface area contributed by atoms with Gasteiger partial charge in [-0.2, -0.15) is 18.3 Å². The van der Waals surface area contributed by atoms with Crippen LogP contribution in [0.3, 0.4) is 0 Å². The summed E-state index contributed by atoms with van der Waals surface area (Å²) in [6, 6.07) is 7.69. The number of carbonyl (C=O) groups is 1. The number of piperazine rings is 1. The number of carbonyl (C=O) groups excluding carboxylic acids is 1. The number of rotatable bonds is 3. The first kappa shape index (κ1) is 22.1. The van der Waals surface area contributed by atoms with Gasteiger partial charge in [0.15, 0.2) is 5.69 Å². The molecule has 1 fully saturated rings. The second-order valence-corrected chi connectivity index (χ2v) is 7.73. The van der Waals surface area contributed by atoms with E-state index in [4.69, 9.17) is 11.6 Å². The van der Waals surface area contributed by atoms with E-state index in [0.717, 1.165) is 12.3 Å². The lowest BCUT2D eigenvalue weighted by Crippen LogP contribution is -2.49. The molecule has 168 valence electrons. The Kier molecular flexibility index (Phi) is 5.81. The minimum Gasteiger partial charge on any atom is -0.352 e. The fraction of sp³-hybridized carbons (Fsp3) is 0.333. The number of pyridine rings is 1. The van der Waals surface area contributed by atoms with Gasteiger partial charge < -0.3 is 9.80 Å². The number of nitrogens with zero attached hydrogens (tertiary/aromatic N) is 5. The van der Waals surface area contributed by atoms with Crippen LogP contribution in [0.25, 0.3) is 10.8 Å². The van der Waals surface area contributed by atoms with Crippen LogP contribution in [0.2, 0.25) is 5.02 Å².